The summed E-state index contributed by atoms with van der Waals surface area (Å²) in [6.07, 6.45) is 2.17. The smallest absolute Gasteiger partial charge is 0.178 e. The van der Waals surface area contributed by atoms with E-state index < -0.39 is 0 Å². The van der Waals surface area contributed by atoms with Crippen LogP contribution in [0.2, 0.25) is 0 Å². The quantitative estimate of drug-likeness (QED) is 0.797. The van der Waals surface area contributed by atoms with Crippen LogP contribution in [0, 0.1) is 17.5 Å². The fraction of sp³-hybridized carbons (Fsp3) is 0.462. The Hall–Kier alpha value is -1.16. The Bertz CT molecular complexity index is 597. The fourth-order valence-corrected chi connectivity index (χ4v) is 2.62. The molecule has 1 heterocycles. The summed E-state index contributed by atoms with van der Waals surface area (Å²) >= 11 is 5.31. The van der Waals surface area contributed by atoms with Gasteiger partial charge in [0, 0.05) is 6.04 Å². The summed E-state index contributed by atoms with van der Waals surface area (Å²) in [6.45, 7) is 6.07. The second-order valence-electron chi connectivity index (χ2n) is 4.56. The van der Waals surface area contributed by atoms with E-state index in [4.69, 9.17) is 12.2 Å². The highest BCUT2D eigenvalue weighted by Gasteiger charge is 2.12. The van der Waals surface area contributed by atoms with Gasteiger partial charge in [-0.3, -0.25) is 0 Å². The molecule has 0 bridgehead atoms. The lowest BCUT2D eigenvalue weighted by molar-refractivity contribution is 0.507. The molecule has 1 N–H and O–H groups in total. The number of H-pyrrole nitrogens is 1. The minimum atomic E-state index is -0.191. The number of aryl methyl sites for hydroxylation is 1. The molecule has 0 saturated carbocycles. The number of aromatic nitrogens is 2. The van der Waals surface area contributed by atoms with Gasteiger partial charge in [-0.1, -0.05) is 13.3 Å². The predicted molar refractivity (Wildman–Crippen MR) is 71.4 cm³/mol. The average Bonchev–Trinajstić information content (AvgIpc) is 2.55. The van der Waals surface area contributed by atoms with E-state index in [2.05, 4.69) is 23.4 Å². The molecule has 0 spiro atoms. The number of nitrogens with zero attached hydrogens (tertiary/aromatic N) is 1. The lowest BCUT2D eigenvalue weighted by Crippen LogP contribution is -2.04. The summed E-state index contributed by atoms with van der Waals surface area (Å²) in [5, 5.41) is 0. The number of imidazole rings is 1. The van der Waals surface area contributed by atoms with Crippen LogP contribution in [0.1, 0.15) is 38.3 Å². The third kappa shape index (κ3) is 2.14. The standard InChI is InChI=1S/C13H17FN2S/c1-4-5-9(3)16-12-6-8(2)10(14)7-11(12)15-13(16)17/h6-7,9H,4-5H2,1-3H3,(H,15,17). The monoisotopic (exact) mass is 252 g/mol. The molecule has 2 aromatic rings. The molecule has 0 radical (unpaired) electrons. The van der Waals surface area contributed by atoms with Crippen molar-refractivity contribution in [2.75, 3.05) is 0 Å². The van der Waals surface area contributed by atoms with Gasteiger partial charge in [0.25, 0.3) is 0 Å². The molecule has 1 unspecified atom stereocenters. The number of nitrogens with one attached hydrogen (secondary N) is 1. The maximum atomic E-state index is 13.5. The zero-order valence-electron chi connectivity index (χ0n) is 10.4. The van der Waals surface area contributed by atoms with Crippen LogP contribution in [0.3, 0.4) is 0 Å². The first-order valence-corrected chi connectivity index (χ1v) is 6.35. The number of halogens is 1. The van der Waals surface area contributed by atoms with E-state index in [1.54, 1.807) is 6.92 Å². The Kier molecular flexibility index (Phi) is 3.33. The molecular weight excluding hydrogens is 235 g/mol. The first-order chi connectivity index (χ1) is 8.04. The van der Waals surface area contributed by atoms with Crippen LogP contribution < -0.4 is 0 Å². The summed E-state index contributed by atoms with van der Waals surface area (Å²) in [6, 6.07) is 3.73. The van der Waals surface area contributed by atoms with Crippen LogP contribution in [0.15, 0.2) is 12.1 Å². The van der Waals surface area contributed by atoms with Gasteiger partial charge in [-0.25, -0.2) is 4.39 Å². The second-order valence-corrected chi connectivity index (χ2v) is 4.94. The molecule has 92 valence electrons. The Labute approximate surface area is 105 Å². The Morgan fingerprint density at radius 3 is 2.82 bits per heavy atom. The summed E-state index contributed by atoms with van der Waals surface area (Å²) in [4.78, 5) is 3.07. The van der Waals surface area contributed by atoms with Crippen molar-refractivity contribution in [3.8, 4) is 0 Å². The van der Waals surface area contributed by atoms with Gasteiger partial charge in [-0.05, 0) is 50.2 Å². The van der Waals surface area contributed by atoms with Crippen molar-refractivity contribution in [2.45, 2.75) is 39.7 Å². The molecule has 0 saturated heterocycles. The molecule has 1 aromatic carbocycles. The van der Waals surface area contributed by atoms with Crippen LogP contribution in [0.4, 0.5) is 4.39 Å². The van der Waals surface area contributed by atoms with Crippen molar-refractivity contribution in [1.82, 2.24) is 9.55 Å². The van der Waals surface area contributed by atoms with Crippen LogP contribution in [0.25, 0.3) is 11.0 Å². The Balaban J connectivity index is 2.66. The first-order valence-electron chi connectivity index (χ1n) is 5.95. The molecule has 2 nitrogen and oxygen atoms in total. The number of fused-ring (bicyclic) bond motifs is 1. The van der Waals surface area contributed by atoms with Crippen molar-refractivity contribution in [2.24, 2.45) is 0 Å². The maximum Gasteiger partial charge on any atom is 0.178 e. The largest absolute Gasteiger partial charge is 0.330 e. The van der Waals surface area contributed by atoms with Crippen molar-refractivity contribution in [3.05, 3.63) is 28.3 Å². The molecule has 0 aliphatic heterocycles. The maximum absolute atomic E-state index is 13.5. The van der Waals surface area contributed by atoms with Crippen molar-refractivity contribution in [1.29, 1.82) is 0 Å². The van der Waals surface area contributed by atoms with Crippen LogP contribution >= 0.6 is 12.2 Å². The summed E-state index contributed by atoms with van der Waals surface area (Å²) < 4.78 is 16.2. The van der Waals surface area contributed by atoms with Crippen molar-refractivity contribution >= 4 is 23.3 Å². The van der Waals surface area contributed by atoms with Gasteiger partial charge in [-0.2, -0.15) is 0 Å². The lowest BCUT2D eigenvalue weighted by Gasteiger charge is -2.13. The number of hydrogen-bond acceptors (Lipinski definition) is 1. The molecule has 0 aliphatic carbocycles. The minimum absolute atomic E-state index is 0.191. The van der Waals surface area contributed by atoms with E-state index in [9.17, 15) is 4.39 Å². The van der Waals surface area contributed by atoms with Gasteiger partial charge in [-0.15, -0.1) is 0 Å². The second kappa shape index (κ2) is 4.61. The van der Waals surface area contributed by atoms with E-state index in [1.807, 2.05) is 6.07 Å². The van der Waals surface area contributed by atoms with Crippen molar-refractivity contribution < 1.29 is 4.39 Å². The minimum Gasteiger partial charge on any atom is -0.330 e. The molecule has 17 heavy (non-hydrogen) atoms. The molecular formula is C13H17FN2S. The van der Waals surface area contributed by atoms with Crippen LogP contribution in [-0.4, -0.2) is 9.55 Å². The predicted octanol–water partition coefficient (Wildman–Crippen LogP) is 4.51. The van der Waals surface area contributed by atoms with Crippen LogP contribution in [0.5, 0.6) is 0 Å². The van der Waals surface area contributed by atoms with Gasteiger partial charge in [0.15, 0.2) is 4.77 Å². The number of rotatable bonds is 3. The molecule has 0 aliphatic rings. The van der Waals surface area contributed by atoms with E-state index in [0.29, 0.717) is 16.4 Å². The summed E-state index contributed by atoms with van der Waals surface area (Å²) in [7, 11) is 0. The molecule has 0 amide bonds. The van der Waals surface area contributed by atoms with E-state index in [-0.39, 0.29) is 5.82 Å². The van der Waals surface area contributed by atoms with E-state index in [1.165, 1.54) is 6.07 Å². The highest BCUT2D eigenvalue weighted by Crippen LogP contribution is 2.24. The first kappa shape index (κ1) is 12.3. The number of hydrogen-bond donors (Lipinski definition) is 1. The van der Waals surface area contributed by atoms with Gasteiger partial charge >= 0.3 is 0 Å². The molecule has 1 atom stereocenters. The lowest BCUT2D eigenvalue weighted by atomic mass is 10.1. The molecule has 2 rings (SSSR count). The van der Waals surface area contributed by atoms with Crippen molar-refractivity contribution in [3.63, 3.8) is 0 Å². The average molecular weight is 252 g/mol. The number of benzene rings is 1. The van der Waals surface area contributed by atoms with E-state index >= 15 is 0 Å². The normalized spacial score (nSPS) is 13.2. The fourth-order valence-electron chi connectivity index (χ4n) is 2.24. The van der Waals surface area contributed by atoms with Gasteiger partial charge in [0.2, 0.25) is 0 Å². The third-order valence-electron chi connectivity index (χ3n) is 3.14. The third-order valence-corrected chi connectivity index (χ3v) is 3.44. The highest BCUT2D eigenvalue weighted by molar-refractivity contribution is 7.71. The van der Waals surface area contributed by atoms with Gasteiger partial charge in [0.1, 0.15) is 5.82 Å². The number of aromatic amines is 1. The van der Waals surface area contributed by atoms with E-state index in [0.717, 1.165) is 23.9 Å². The molecule has 0 fully saturated rings. The zero-order chi connectivity index (χ0) is 12.6. The SMILES string of the molecule is CCCC(C)n1c(=S)[nH]c2cc(F)c(C)cc21. The van der Waals surface area contributed by atoms with Gasteiger partial charge < -0.3 is 9.55 Å². The zero-order valence-corrected chi connectivity index (χ0v) is 11.2. The highest BCUT2D eigenvalue weighted by atomic mass is 32.1. The van der Waals surface area contributed by atoms with Crippen LogP contribution in [-0.2, 0) is 0 Å². The topological polar surface area (TPSA) is 20.7 Å². The van der Waals surface area contributed by atoms with Gasteiger partial charge in [0.05, 0.1) is 11.0 Å². The Morgan fingerprint density at radius 1 is 1.47 bits per heavy atom. The summed E-state index contributed by atoms with van der Waals surface area (Å²) in [5.74, 6) is -0.191. The summed E-state index contributed by atoms with van der Waals surface area (Å²) in [5.41, 5.74) is 2.43. The Morgan fingerprint density at radius 2 is 2.18 bits per heavy atom. The molecule has 1 aromatic heterocycles. The molecule has 4 heteroatoms.